The number of carbonyl (C=O) groups excluding carboxylic acids is 2. The Hall–Kier alpha value is -2.39. The van der Waals surface area contributed by atoms with Crippen LogP contribution < -0.4 is 0 Å². The molecular formula is C51H90O12S. The number of unbranched alkanes of at least 4 members (excludes halogenated alkanes) is 22. The van der Waals surface area contributed by atoms with Gasteiger partial charge in [0.1, 0.15) is 36.8 Å². The average molecular weight is 927 g/mol. The fourth-order valence-electron chi connectivity index (χ4n) is 7.55. The lowest BCUT2D eigenvalue weighted by Crippen LogP contribution is -2.60. The molecule has 1 saturated heterocycles. The molecule has 4 N–H and O–H groups in total. The minimum atomic E-state index is -4.61. The zero-order valence-corrected chi connectivity index (χ0v) is 40.7. The van der Waals surface area contributed by atoms with Gasteiger partial charge in [-0.1, -0.05) is 191 Å². The number of ether oxygens (including phenoxy) is 4. The van der Waals surface area contributed by atoms with E-state index in [-0.39, 0.29) is 19.4 Å². The van der Waals surface area contributed by atoms with E-state index >= 15 is 0 Å². The zero-order valence-electron chi connectivity index (χ0n) is 39.9. The van der Waals surface area contributed by atoms with Crippen LogP contribution in [0.1, 0.15) is 206 Å². The molecule has 6 atom stereocenters. The highest BCUT2D eigenvalue weighted by atomic mass is 32.2. The first-order chi connectivity index (χ1) is 31.0. The van der Waals surface area contributed by atoms with Gasteiger partial charge in [0.15, 0.2) is 12.4 Å². The van der Waals surface area contributed by atoms with Gasteiger partial charge in [0.2, 0.25) is 0 Å². The van der Waals surface area contributed by atoms with Crippen molar-refractivity contribution in [2.24, 2.45) is 0 Å². The molecule has 12 nitrogen and oxygen atoms in total. The molecule has 0 radical (unpaired) electrons. The normalized spacial score (nSPS) is 20.0. The fraction of sp³-hybridized carbons (Fsp3) is 0.804. The van der Waals surface area contributed by atoms with Crippen molar-refractivity contribution in [3.05, 3.63) is 48.6 Å². The smallest absolute Gasteiger partial charge is 0.306 e. The van der Waals surface area contributed by atoms with Crippen molar-refractivity contribution in [3.8, 4) is 0 Å². The molecule has 0 aromatic carbocycles. The molecule has 0 spiro atoms. The number of aliphatic hydroxyl groups is 3. The number of esters is 2. The minimum absolute atomic E-state index is 0.112. The maximum absolute atomic E-state index is 12.8. The van der Waals surface area contributed by atoms with Crippen LogP contribution in [0, 0.1) is 0 Å². The summed E-state index contributed by atoms with van der Waals surface area (Å²) in [7, 11) is -4.61. The number of aliphatic hydroxyl groups excluding tert-OH is 3. The van der Waals surface area contributed by atoms with Crippen LogP contribution in [0.3, 0.4) is 0 Å². The highest BCUT2D eigenvalue weighted by molar-refractivity contribution is 7.85. The second-order valence-electron chi connectivity index (χ2n) is 17.5. The molecule has 1 rings (SSSR count). The Morgan fingerprint density at radius 2 is 0.984 bits per heavy atom. The van der Waals surface area contributed by atoms with E-state index < -0.39 is 71.2 Å². The van der Waals surface area contributed by atoms with Crippen molar-refractivity contribution in [3.63, 3.8) is 0 Å². The summed E-state index contributed by atoms with van der Waals surface area (Å²) in [5.74, 6) is -2.03. The van der Waals surface area contributed by atoms with Gasteiger partial charge in [-0.3, -0.25) is 14.1 Å². The quantitative estimate of drug-likeness (QED) is 0.0197. The van der Waals surface area contributed by atoms with Crippen LogP contribution in [0.25, 0.3) is 0 Å². The van der Waals surface area contributed by atoms with Gasteiger partial charge in [-0.25, -0.2) is 0 Å². The Bertz CT molecular complexity index is 1360. The number of hydrogen-bond donors (Lipinski definition) is 4. The maximum Gasteiger partial charge on any atom is 0.306 e. The Labute approximate surface area is 388 Å². The highest BCUT2D eigenvalue weighted by Crippen LogP contribution is 2.24. The van der Waals surface area contributed by atoms with Crippen molar-refractivity contribution < 1.29 is 56.8 Å². The molecule has 1 fully saturated rings. The van der Waals surface area contributed by atoms with Crippen molar-refractivity contribution in [1.29, 1.82) is 0 Å². The topological polar surface area (TPSA) is 186 Å². The second-order valence-corrected chi connectivity index (χ2v) is 19.0. The van der Waals surface area contributed by atoms with Gasteiger partial charge in [-0.2, -0.15) is 8.42 Å². The van der Waals surface area contributed by atoms with Crippen molar-refractivity contribution in [1.82, 2.24) is 0 Å². The third-order valence-corrected chi connectivity index (χ3v) is 12.2. The molecule has 64 heavy (non-hydrogen) atoms. The number of carbonyl (C=O) groups is 2. The summed E-state index contributed by atoms with van der Waals surface area (Å²) in [5, 5.41) is 30.9. The molecule has 0 amide bonds. The Kier molecular flexibility index (Phi) is 38.1. The molecular weight excluding hydrogens is 837 g/mol. The first-order valence-electron chi connectivity index (χ1n) is 25.2. The van der Waals surface area contributed by atoms with Crippen molar-refractivity contribution in [2.45, 2.75) is 243 Å². The fourth-order valence-corrected chi connectivity index (χ4v) is 8.24. The van der Waals surface area contributed by atoms with Gasteiger partial charge in [0.25, 0.3) is 10.1 Å². The molecule has 372 valence electrons. The summed E-state index contributed by atoms with van der Waals surface area (Å²) >= 11 is 0. The van der Waals surface area contributed by atoms with Crippen LogP contribution in [0.2, 0.25) is 0 Å². The summed E-state index contributed by atoms with van der Waals surface area (Å²) in [5.41, 5.74) is 0. The van der Waals surface area contributed by atoms with Crippen LogP contribution in [0.5, 0.6) is 0 Å². The predicted molar refractivity (Wildman–Crippen MR) is 256 cm³/mol. The SMILES string of the molecule is CC/C=C\C/C=C\C/C=C\C/C=C\CCCCC(=O)OC(COC(=O)CCCCCCCCCCCCCCCCCCCCCCC)COC1OC(CS(=O)(=O)O)C(O)C(O)C1O. The van der Waals surface area contributed by atoms with E-state index in [2.05, 4.69) is 62.5 Å². The van der Waals surface area contributed by atoms with E-state index in [9.17, 15) is 37.9 Å². The van der Waals surface area contributed by atoms with Crippen molar-refractivity contribution in [2.75, 3.05) is 19.0 Å². The third-order valence-electron chi connectivity index (χ3n) is 11.4. The minimum Gasteiger partial charge on any atom is -0.462 e. The molecule has 0 aromatic heterocycles. The Balaban J connectivity index is 2.38. The third kappa shape index (κ3) is 34.9. The average Bonchev–Trinajstić information content (AvgIpc) is 3.26. The molecule has 0 bridgehead atoms. The van der Waals surface area contributed by atoms with Crippen LogP contribution in [0.15, 0.2) is 48.6 Å². The second kappa shape index (κ2) is 40.8. The summed E-state index contributed by atoms with van der Waals surface area (Å²) < 4.78 is 54.1. The lowest BCUT2D eigenvalue weighted by atomic mass is 10.00. The monoisotopic (exact) mass is 927 g/mol. The lowest BCUT2D eigenvalue weighted by molar-refractivity contribution is -0.297. The molecule has 1 aliphatic rings. The lowest BCUT2D eigenvalue weighted by Gasteiger charge is -2.40. The van der Waals surface area contributed by atoms with E-state index in [4.69, 9.17) is 18.9 Å². The molecule has 0 saturated carbocycles. The number of allylic oxidation sites excluding steroid dienone is 8. The summed E-state index contributed by atoms with van der Waals surface area (Å²) in [4.78, 5) is 25.5. The van der Waals surface area contributed by atoms with Gasteiger partial charge >= 0.3 is 11.9 Å². The van der Waals surface area contributed by atoms with E-state index in [0.29, 0.717) is 12.8 Å². The number of hydrogen-bond acceptors (Lipinski definition) is 11. The van der Waals surface area contributed by atoms with Crippen LogP contribution in [-0.4, -0.2) is 96.0 Å². The Morgan fingerprint density at radius 1 is 0.547 bits per heavy atom. The highest BCUT2D eigenvalue weighted by Gasteiger charge is 2.46. The largest absolute Gasteiger partial charge is 0.462 e. The molecule has 0 aliphatic carbocycles. The standard InChI is InChI=1S/C51H90O12S/c1-3-5-7-9-11-13-15-17-19-20-21-22-23-24-26-27-29-31-33-35-37-39-46(52)60-41-44(42-61-51-50(56)49(55)48(54)45(63-51)43-64(57,58)59)62-47(53)40-38-36-34-32-30-28-25-18-16-14-12-10-8-6-4-2/h6,8,12,14,18,25,30,32,44-45,48-51,54-56H,3-5,7,9-11,13,15-17,19-24,26-29,31,33-43H2,1-2H3,(H,57,58,59)/b8-6-,14-12-,25-18-,32-30-. The van der Waals surface area contributed by atoms with E-state index in [1.807, 2.05) is 0 Å². The van der Waals surface area contributed by atoms with Crippen LogP contribution >= 0.6 is 0 Å². The van der Waals surface area contributed by atoms with E-state index in [0.717, 1.165) is 57.8 Å². The van der Waals surface area contributed by atoms with Crippen molar-refractivity contribution >= 4 is 22.1 Å². The van der Waals surface area contributed by atoms with E-state index in [1.165, 1.54) is 109 Å². The molecule has 1 aliphatic heterocycles. The number of rotatable bonds is 42. The van der Waals surface area contributed by atoms with Crippen LogP contribution in [-0.2, 0) is 38.7 Å². The molecule has 1 heterocycles. The van der Waals surface area contributed by atoms with Gasteiger partial charge in [0.05, 0.1) is 6.61 Å². The summed E-state index contributed by atoms with van der Waals surface area (Å²) in [6, 6.07) is 0. The first-order valence-corrected chi connectivity index (χ1v) is 26.8. The van der Waals surface area contributed by atoms with Gasteiger partial charge in [-0.15, -0.1) is 0 Å². The van der Waals surface area contributed by atoms with Crippen LogP contribution in [0.4, 0.5) is 0 Å². The van der Waals surface area contributed by atoms with Gasteiger partial charge < -0.3 is 34.3 Å². The van der Waals surface area contributed by atoms with E-state index in [1.54, 1.807) is 0 Å². The first kappa shape index (κ1) is 59.6. The zero-order chi connectivity index (χ0) is 46.9. The maximum atomic E-state index is 12.8. The van der Waals surface area contributed by atoms with Gasteiger partial charge in [-0.05, 0) is 51.4 Å². The predicted octanol–water partition coefficient (Wildman–Crippen LogP) is 11.1. The summed E-state index contributed by atoms with van der Waals surface area (Å²) in [6.07, 6.45) is 40.2. The molecule has 6 unspecified atom stereocenters. The Morgan fingerprint density at radius 3 is 1.47 bits per heavy atom. The van der Waals surface area contributed by atoms with Gasteiger partial charge in [0, 0.05) is 12.8 Å². The molecule has 0 aromatic rings. The molecule has 13 heteroatoms. The summed E-state index contributed by atoms with van der Waals surface area (Å²) in [6.45, 7) is 3.63.